The monoisotopic (exact) mass is 357 g/mol. The number of imidazole rings is 1. The number of hydrogen-bond donors (Lipinski definition) is 1. The van der Waals surface area contributed by atoms with E-state index in [0.717, 1.165) is 5.69 Å². The maximum atomic E-state index is 12.7. The predicted molar refractivity (Wildman–Crippen MR) is 96.8 cm³/mol. The SMILES string of the molecule is CCC(O)(C#Cc1ncn2c1CN(C)C(=O)c1c(Cl)cccc1-2)CC. The number of rotatable bonds is 2. The molecule has 2 aromatic rings. The molecule has 1 aliphatic heterocycles. The molecule has 130 valence electrons. The van der Waals surface area contributed by atoms with E-state index >= 15 is 0 Å². The van der Waals surface area contributed by atoms with Gasteiger partial charge in [-0.2, -0.15) is 0 Å². The van der Waals surface area contributed by atoms with E-state index in [-0.39, 0.29) is 5.91 Å². The summed E-state index contributed by atoms with van der Waals surface area (Å²) in [6.45, 7) is 4.16. The molecule has 0 unspecified atom stereocenters. The fourth-order valence-electron chi connectivity index (χ4n) is 2.85. The Morgan fingerprint density at radius 2 is 2.08 bits per heavy atom. The lowest BCUT2D eigenvalue weighted by Gasteiger charge is -2.17. The van der Waals surface area contributed by atoms with Gasteiger partial charge >= 0.3 is 0 Å². The number of benzene rings is 1. The second kappa shape index (κ2) is 6.55. The lowest BCUT2D eigenvalue weighted by molar-refractivity contribution is 0.0787. The Labute approximate surface area is 152 Å². The molecule has 2 heterocycles. The summed E-state index contributed by atoms with van der Waals surface area (Å²) >= 11 is 6.26. The second-order valence-corrected chi connectivity index (χ2v) is 6.60. The molecule has 1 aromatic carbocycles. The van der Waals surface area contributed by atoms with Gasteiger partial charge in [0, 0.05) is 7.05 Å². The summed E-state index contributed by atoms with van der Waals surface area (Å²) in [5.74, 6) is 5.79. The van der Waals surface area contributed by atoms with Gasteiger partial charge in [-0.05, 0) is 30.9 Å². The highest BCUT2D eigenvalue weighted by Crippen LogP contribution is 2.30. The third-order valence-electron chi connectivity index (χ3n) is 4.65. The Kier molecular flexibility index (Phi) is 4.59. The van der Waals surface area contributed by atoms with Crippen molar-refractivity contribution in [3.63, 3.8) is 0 Å². The molecule has 1 aromatic heterocycles. The number of amides is 1. The summed E-state index contributed by atoms with van der Waals surface area (Å²) < 4.78 is 1.85. The molecule has 1 aliphatic rings. The van der Waals surface area contributed by atoms with Crippen molar-refractivity contribution in [2.45, 2.75) is 38.8 Å². The Hall–Kier alpha value is -2.29. The van der Waals surface area contributed by atoms with Crippen LogP contribution in [0, 0.1) is 11.8 Å². The van der Waals surface area contributed by atoms with Gasteiger partial charge in [-0.15, -0.1) is 0 Å². The summed E-state index contributed by atoms with van der Waals surface area (Å²) in [7, 11) is 1.73. The van der Waals surface area contributed by atoms with Crippen molar-refractivity contribution >= 4 is 17.5 Å². The van der Waals surface area contributed by atoms with Gasteiger partial charge in [0.15, 0.2) is 0 Å². The van der Waals surface area contributed by atoms with Crippen LogP contribution in [0.15, 0.2) is 24.5 Å². The molecular formula is C19H20ClN3O2. The molecule has 3 rings (SSSR count). The molecule has 0 spiro atoms. The van der Waals surface area contributed by atoms with Crippen molar-refractivity contribution in [1.82, 2.24) is 14.5 Å². The van der Waals surface area contributed by atoms with Crippen LogP contribution in [0.2, 0.25) is 5.02 Å². The molecule has 0 bridgehead atoms. The fraction of sp³-hybridized carbons (Fsp3) is 0.368. The summed E-state index contributed by atoms with van der Waals surface area (Å²) in [5, 5.41) is 10.8. The molecule has 0 atom stereocenters. The normalized spacial score (nSPS) is 13.6. The fourth-order valence-corrected chi connectivity index (χ4v) is 3.10. The van der Waals surface area contributed by atoms with Gasteiger partial charge in [-0.3, -0.25) is 9.36 Å². The molecular weight excluding hydrogens is 338 g/mol. The van der Waals surface area contributed by atoms with Crippen molar-refractivity contribution in [3.8, 4) is 17.5 Å². The first-order valence-corrected chi connectivity index (χ1v) is 8.64. The molecule has 0 fully saturated rings. The number of carbonyl (C=O) groups is 1. The quantitative estimate of drug-likeness (QED) is 0.840. The van der Waals surface area contributed by atoms with Gasteiger partial charge in [0.2, 0.25) is 0 Å². The molecule has 0 saturated carbocycles. The summed E-state index contributed by atoms with van der Waals surface area (Å²) in [6, 6.07) is 5.36. The van der Waals surface area contributed by atoms with E-state index in [9.17, 15) is 9.90 Å². The van der Waals surface area contributed by atoms with E-state index in [1.165, 1.54) is 0 Å². The number of halogens is 1. The maximum Gasteiger partial charge on any atom is 0.257 e. The molecule has 1 amide bonds. The molecule has 25 heavy (non-hydrogen) atoms. The zero-order valence-electron chi connectivity index (χ0n) is 14.5. The first-order valence-electron chi connectivity index (χ1n) is 8.26. The first kappa shape index (κ1) is 17.5. The van der Waals surface area contributed by atoms with Crippen LogP contribution in [-0.2, 0) is 6.54 Å². The van der Waals surface area contributed by atoms with E-state index in [1.54, 1.807) is 24.3 Å². The van der Waals surface area contributed by atoms with Gasteiger partial charge < -0.3 is 10.0 Å². The van der Waals surface area contributed by atoms with Crippen LogP contribution in [0.25, 0.3) is 5.69 Å². The van der Waals surface area contributed by atoms with E-state index in [2.05, 4.69) is 16.8 Å². The number of fused-ring (bicyclic) bond motifs is 3. The third kappa shape index (κ3) is 3.04. The average Bonchev–Trinajstić information content (AvgIpc) is 2.96. The highest BCUT2D eigenvalue weighted by molar-refractivity contribution is 6.34. The zero-order chi connectivity index (χ0) is 18.2. The number of hydrogen-bond acceptors (Lipinski definition) is 3. The molecule has 1 N–H and O–H groups in total. The van der Waals surface area contributed by atoms with Gasteiger partial charge in [0.25, 0.3) is 5.91 Å². The minimum atomic E-state index is -1.02. The Balaban J connectivity index is 2.15. The van der Waals surface area contributed by atoms with Crippen molar-refractivity contribution in [2.24, 2.45) is 0 Å². The molecule has 0 radical (unpaired) electrons. The standard InChI is InChI=1S/C19H20ClN3O2/c1-4-19(25,5-2)10-9-14-16-11-22(3)18(24)17-13(20)7-6-8-15(17)23(16)12-21-14/h6-8,12,25H,4-5,11H2,1-3H3. The Bertz CT molecular complexity index is 888. The van der Waals surface area contributed by atoms with E-state index < -0.39 is 5.60 Å². The lowest BCUT2D eigenvalue weighted by Crippen LogP contribution is -2.25. The third-order valence-corrected chi connectivity index (χ3v) is 4.96. The lowest BCUT2D eigenvalue weighted by atomic mass is 9.98. The minimum absolute atomic E-state index is 0.137. The summed E-state index contributed by atoms with van der Waals surface area (Å²) in [4.78, 5) is 18.7. The van der Waals surface area contributed by atoms with E-state index in [1.807, 2.05) is 30.5 Å². The van der Waals surface area contributed by atoms with Crippen molar-refractivity contribution in [3.05, 3.63) is 46.5 Å². The van der Waals surface area contributed by atoms with Crippen LogP contribution in [0.3, 0.4) is 0 Å². The highest BCUT2D eigenvalue weighted by Gasteiger charge is 2.28. The van der Waals surface area contributed by atoms with E-state index in [4.69, 9.17) is 11.6 Å². The summed E-state index contributed by atoms with van der Waals surface area (Å²) in [5.41, 5.74) is 1.50. The molecule has 6 heteroatoms. The molecule has 5 nitrogen and oxygen atoms in total. The predicted octanol–water partition coefficient (Wildman–Crippen LogP) is 3.01. The Morgan fingerprint density at radius 3 is 2.76 bits per heavy atom. The van der Waals surface area contributed by atoms with Gasteiger partial charge in [-0.1, -0.05) is 37.4 Å². The van der Waals surface area contributed by atoms with Crippen LogP contribution in [-0.4, -0.2) is 38.1 Å². The number of aromatic nitrogens is 2. The highest BCUT2D eigenvalue weighted by atomic mass is 35.5. The van der Waals surface area contributed by atoms with Crippen molar-refractivity contribution in [2.75, 3.05) is 7.05 Å². The van der Waals surface area contributed by atoms with Crippen LogP contribution >= 0.6 is 11.6 Å². The first-order chi connectivity index (χ1) is 11.9. The number of nitrogens with zero attached hydrogens (tertiary/aromatic N) is 3. The van der Waals surface area contributed by atoms with Crippen LogP contribution in [0.5, 0.6) is 0 Å². The number of carbonyl (C=O) groups excluding carboxylic acids is 1. The van der Waals surface area contributed by atoms with E-state index in [0.29, 0.717) is 41.4 Å². The van der Waals surface area contributed by atoms with Gasteiger partial charge in [0.05, 0.1) is 28.5 Å². The van der Waals surface area contributed by atoms with Crippen LogP contribution < -0.4 is 0 Å². The van der Waals surface area contributed by atoms with Crippen molar-refractivity contribution in [1.29, 1.82) is 0 Å². The van der Waals surface area contributed by atoms with Crippen molar-refractivity contribution < 1.29 is 9.90 Å². The molecule has 0 aliphatic carbocycles. The topological polar surface area (TPSA) is 58.4 Å². The maximum absolute atomic E-state index is 12.7. The van der Waals surface area contributed by atoms with Crippen LogP contribution in [0.4, 0.5) is 0 Å². The minimum Gasteiger partial charge on any atom is -0.378 e. The van der Waals surface area contributed by atoms with Crippen LogP contribution in [0.1, 0.15) is 48.4 Å². The zero-order valence-corrected chi connectivity index (χ0v) is 15.3. The smallest absolute Gasteiger partial charge is 0.257 e. The second-order valence-electron chi connectivity index (χ2n) is 6.19. The molecule has 0 saturated heterocycles. The van der Waals surface area contributed by atoms with Gasteiger partial charge in [-0.25, -0.2) is 4.98 Å². The average molecular weight is 358 g/mol. The van der Waals surface area contributed by atoms with Gasteiger partial charge in [0.1, 0.15) is 17.6 Å². The largest absolute Gasteiger partial charge is 0.378 e. The summed E-state index contributed by atoms with van der Waals surface area (Å²) in [6.07, 6.45) is 2.74. The Morgan fingerprint density at radius 1 is 1.36 bits per heavy atom. The number of aliphatic hydroxyl groups is 1.